The number of anilines is 2. The van der Waals surface area contributed by atoms with E-state index in [1.54, 1.807) is 30.3 Å². The summed E-state index contributed by atoms with van der Waals surface area (Å²) >= 11 is 17.3. The SMILES string of the molecule is O=C1C2CC=C3C(CC4(Cl)C(=O)N(c5c(F)c(F)c(F)c(F)c5F)C(=O)C4(Cl)C3c3ccc(CO)o3)C2C(=O)N1c1ccc(Br)cc1. The fraction of sp³-hybridized carbons (Fsp3) is 0.290. The molecule has 0 radical (unpaired) electrons. The highest BCUT2D eigenvalue weighted by Crippen LogP contribution is 2.66. The van der Waals surface area contributed by atoms with Crippen LogP contribution >= 0.6 is 39.1 Å². The molecule has 2 saturated heterocycles. The highest BCUT2D eigenvalue weighted by Gasteiger charge is 2.77. The van der Waals surface area contributed by atoms with Crippen LogP contribution in [0, 0.1) is 46.8 Å². The first-order valence-electron chi connectivity index (χ1n) is 14.0. The van der Waals surface area contributed by atoms with Gasteiger partial charge >= 0.3 is 0 Å². The number of carbonyl (C=O) groups excluding carboxylic acids is 4. The monoisotopic (exact) mass is 758 g/mol. The van der Waals surface area contributed by atoms with E-state index in [-0.39, 0.29) is 34.1 Å². The molecule has 6 atom stereocenters. The Balaban J connectivity index is 1.41. The number of rotatable bonds is 4. The standard InChI is InChI=1S/C31H18BrCl2F5N2O6/c32-11-1-3-12(4-2-11)40-26(43)15-7-6-14-16(18(15)27(40)44)9-30(33)28(45)41(25-23(38)21(36)20(35)22(37)24(25)39)29(46)31(30,34)19(14)17-8-5-13(10-42)47-17/h1-6,8,15-16,18-19,42H,7,9-10H2. The summed E-state index contributed by atoms with van der Waals surface area (Å²) in [5.74, 6) is -21.6. The molecular formula is C31H18BrCl2F5N2O6. The fourth-order valence-corrected chi connectivity index (χ4v) is 8.54. The summed E-state index contributed by atoms with van der Waals surface area (Å²) in [4.78, 5) is 51.4. The quantitative estimate of drug-likeness (QED) is 0.0874. The Morgan fingerprint density at radius 2 is 1.45 bits per heavy atom. The maximum atomic E-state index is 15.1. The topological polar surface area (TPSA) is 108 Å². The van der Waals surface area contributed by atoms with Gasteiger partial charge in [-0.1, -0.05) is 27.6 Å². The van der Waals surface area contributed by atoms with Gasteiger partial charge < -0.3 is 9.52 Å². The van der Waals surface area contributed by atoms with Crippen molar-refractivity contribution in [1.29, 1.82) is 0 Å². The minimum absolute atomic E-state index is 0.0150. The Morgan fingerprint density at radius 1 is 0.830 bits per heavy atom. The largest absolute Gasteiger partial charge is 0.463 e. The number of nitrogens with zero attached hydrogens (tertiary/aromatic N) is 2. The zero-order valence-electron chi connectivity index (χ0n) is 23.4. The Bertz CT molecular complexity index is 1940. The van der Waals surface area contributed by atoms with Crippen molar-refractivity contribution >= 4 is 74.1 Å². The second kappa shape index (κ2) is 10.7. The third kappa shape index (κ3) is 4.07. The average molecular weight is 760 g/mol. The van der Waals surface area contributed by atoms with E-state index in [4.69, 9.17) is 27.6 Å². The summed E-state index contributed by atoms with van der Waals surface area (Å²) in [5, 5.41) is 9.67. The van der Waals surface area contributed by atoms with Gasteiger partial charge in [0.1, 0.15) is 23.8 Å². The molecule has 16 heteroatoms. The highest BCUT2D eigenvalue weighted by atomic mass is 79.9. The fourth-order valence-electron chi connectivity index (χ4n) is 7.36. The lowest BCUT2D eigenvalue weighted by Gasteiger charge is -2.49. The Morgan fingerprint density at radius 3 is 2.04 bits per heavy atom. The van der Waals surface area contributed by atoms with Gasteiger partial charge in [-0.05, 0) is 55.2 Å². The number of imide groups is 2. The number of halogens is 8. The van der Waals surface area contributed by atoms with Crippen LogP contribution in [-0.2, 0) is 25.8 Å². The summed E-state index contributed by atoms with van der Waals surface area (Å²) in [6, 6.07) is 8.97. The molecule has 0 bridgehead atoms. The van der Waals surface area contributed by atoms with Crippen molar-refractivity contribution < 1.29 is 50.7 Å². The average Bonchev–Trinajstić information content (AvgIpc) is 3.67. The van der Waals surface area contributed by atoms with Crippen LogP contribution < -0.4 is 9.80 Å². The van der Waals surface area contributed by atoms with Gasteiger partial charge in [-0.2, -0.15) is 0 Å². The van der Waals surface area contributed by atoms with Gasteiger partial charge in [0.2, 0.25) is 17.6 Å². The maximum Gasteiger partial charge on any atom is 0.258 e. The molecule has 7 rings (SSSR count). The van der Waals surface area contributed by atoms with Crippen molar-refractivity contribution in [2.75, 3.05) is 9.80 Å². The van der Waals surface area contributed by atoms with E-state index in [0.717, 1.165) is 4.90 Å². The molecule has 1 saturated carbocycles. The number of fused-ring (bicyclic) bond motifs is 4. The van der Waals surface area contributed by atoms with Gasteiger partial charge in [-0.25, -0.2) is 26.9 Å². The zero-order valence-corrected chi connectivity index (χ0v) is 26.5. The zero-order chi connectivity index (χ0) is 33.9. The number of alkyl halides is 2. The summed E-state index contributed by atoms with van der Waals surface area (Å²) < 4.78 is 79.2. The van der Waals surface area contributed by atoms with E-state index in [1.165, 1.54) is 12.1 Å². The van der Waals surface area contributed by atoms with E-state index in [1.807, 2.05) is 0 Å². The Kier molecular flexibility index (Phi) is 7.29. The molecule has 1 aromatic heterocycles. The smallest absolute Gasteiger partial charge is 0.258 e. The summed E-state index contributed by atoms with van der Waals surface area (Å²) in [7, 11) is 0. The normalized spacial score (nSPS) is 30.1. The minimum Gasteiger partial charge on any atom is -0.463 e. The third-order valence-corrected chi connectivity index (χ3v) is 11.4. The van der Waals surface area contributed by atoms with E-state index < -0.39 is 105 Å². The second-order valence-electron chi connectivity index (χ2n) is 11.6. The van der Waals surface area contributed by atoms with Gasteiger partial charge in [0, 0.05) is 4.47 Å². The number of carbonyl (C=O) groups is 4. The predicted molar refractivity (Wildman–Crippen MR) is 158 cm³/mol. The van der Waals surface area contributed by atoms with Crippen molar-refractivity contribution in [2.45, 2.75) is 35.1 Å². The minimum atomic E-state index is -2.71. The lowest BCUT2D eigenvalue weighted by Crippen LogP contribution is -2.60. The molecule has 2 aromatic carbocycles. The number of amides is 4. The van der Waals surface area contributed by atoms with E-state index in [9.17, 15) is 37.5 Å². The Hall–Kier alpha value is -3.59. The maximum absolute atomic E-state index is 15.1. The summed E-state index contributed by atoms with van der Waals surface area (Å²) in [6.45, 7) is -0.611. The van der Waals surface area contributed by atoms with Crippen LogP contribution in [0.15, 0.2) is 56.9 Å². The molecule has 47 heavy (non-hydrogen) atoms. The van der Waals surface area contributed by atoms with Gasteiger partial charge in [0.15, 0.2) is 33.0 Å². The predicted octanol–water partition coefficient (Wildman–Crippen LogP) is 6.00. The molecule has 3 fully saturated rings. The number of allylic oxidation sites excluding steroid dienone is 2. The molecule has 2 aliphatic carbocycles. The lowest BCUT2D eigenvalue weighted by atomic mass is 9.57. The Labute approximate surface area is 279 Å². The van der Waals surface area contributed by atoms with Crippen molar-refractivity contribution in [3.05, 3.63) is 93.1 Å². The van der Waals surface area contributed by atoms with Crippen molar-refractivity contribution in [2.24, 2.45) is 17.8 Å². The van der Waals surface area contributed by atoms with Crippen LogP contribution in [0.1, 0.15) is 30.3 Å². The molecule has 0 spiro atoms. The van der Waals surface area contributed by atoms with Crippen molar-refractivity contribution in [3.63, 3.8) is 0 Å². The van der Waals surface area contributed by atoms with E-state index in [2.05, 4.69) is 15.9 Å². The third-order valence-electron chi connectivity index (χ3n) is 9.43. The van der Waals surface area contributed by atoms with Crippen molar-refractivity contribution in [3.8, 4) is 0 Å². The van der Waals surface area contributed by atoms with Gasteiger partial charge in [0.25, 0.3) is 11.8 Å². The van der Waals surface area contributed by atoms with Crippen LogP contribution in [0.5, 0.6) is 0 Å². The van der Waals surface area contributed by atoms with Crippen LogP contribution in [0.4, 0.5) is 33.3 Å². The number of benzene rings is 2. The van der Waals surface area contributed by atoms with Crippen LogP contribution in [-0.4, -0.2) is 38.5 Å². The molecule has 1 N–H and O–H groups in total. The molecule has 3 aromatic rings. The molecule has 3 heterocycles. The van der Waals surface area contributed by atoms with E-state index in [0.29, 0.717) is 4.47 Å². The first-order chi connectivity index (χ1) is 22.2. The van der Waals surface area contributed by atoms with Crippen LogP contribution in [0.3, 0.4) is 0 Å². The van der Waals surface area contributed by atoms with E-state index >= 15 is 8.78 Å². The first-order valence-corrected chi connectivity index (χ1v) is 15.5. The number of hydrogen-bond donors (Lipinski definition) is 1. The number of furan rings is 1. The molecule has 6 unspecified atom stereocenters. The molecule has 4 aliphatic rings. The van der Waals surface area contributed by atoms with Crippen LogP contribution in [0.25, 0.3) is 0 Å². The van der Waals surface area contributed by atoms with Crippen molar-refractivity contribution in [1.82, 2.24) is 0 Å². The highest BCUT2D eigenvalue weighted by molar-refractivity contribution is 9.10. The van der Waals surface area contributed by atoms with Crippen LogP contribution in [0.2, 0.25) is 0 Å². The van der Waals surface area contributed by atoms with Gasteiger partial charge in [0.05, 0.1) is 23.4 Å². The molecule has 8 nitrogen and oxygen atoms in total. The van der Waals surface area contributed by atoms with Gasteiger partial charge in [-0.3, -0.25) is 24.1 Å². The lowest BCUT2D eigenvalue weighted by molar-refractivity contribution is -0.125. The van der Waals surface area contributed by atoms with Gasteiger partial charge in [-0.15, -0.1) is 23.2 Å². The molecule has 4 amide bonds. The molecular weight excluding hydrogens is 742 g/mol. The molecule has 2 aliphatic heterocycles. The summed E-state index contributed by atoms with van der Waals surface area (Å²) in [5.41, 5.74) is -1.37. The second-order valence-corrected chi connectivity index (χ2v) is 13.8. The summed E-state index contributed by atoms with van der Waals surface area (Å²) in [6.07, 6.45) is 0.885. The first kappa shape index (κ1) is 32.0. The number of hydrogen-bond acceptors (Lipinski definition) is 6. The molecule has 244 valence electrons. The number of aliphatic hydroxyl groups is 1. The number of aliphatic hydroxyl groups excluding tert-OH is 1.